The molecule has 28 aromatic carbocycles. The Morgan fingerprint density at radius 2 is 0.379 bits per heavy atom. The summed E-state index contributed by atoms with van der Waals surface area (Å²) in [4.78, 5) is 0. The van der Waals surface area contributed by atoms with Crippen LogP contribution in [0.5, 0.6) is 0 Å². The highest BCUT2D eigenvalue weighted by molar-refractivity contribution is 6.29. The van der Waals surface area contributed by atoms with Crippen molar-refractivity contribution in [2.45, 2.75) is 0 Å². The van der Waals surface area contributed by atoms with Crippen LogP contribution >= 0.6 is 0 Å². The molecule has 0 unspecified atom stereocenters. The fourth-order valence-corrected chi connectivity index (χ4v) is 22.0. The van der Waals surface area contributed by atoms with Crippen molar-refractivity contribution < 1.29 is 50.3 Å². The van der Waals surface area contributed by atoms with E-state index in [0.717, 1.165) is 169 Å². The van der Waals surface area contributed by atoms with Gasteiger partial charge in [0.2, 0.25) is 0 Å². The number of hydrogen-bond donors (Lipinski definition) is 0. The number of benzene rings is 28. The minimum absolute atomic E-state index is 0.0548. The largest absolute Gasteiger partial charge is 0.456 e. The summed E-state index contributed by atoms with van der Waals surface area (Å²) in [6.07, 6.45) is 0. The molecule has 0 saturated heterocycles. The first-order valence-electron chi connectivity index (χ1n) is 61.3. The second-order valence-corrected chi connectivity index (χ2v) is 36.4. The van der Waals surface area contributed by atoms with Gasteiger partial charge in [-0.05, 0) is 325 Å². The lowest BCUT2D eigenvalue weighted by Gasteiger charge is -2.19. The van der Waals surface area contributed by atoms with Crippen LogP contribution in [0.25, 0.3) is 306 Å². The molecule has 31 rings (SSSR count). The predicted molar refractivity (Wildman–Crippen MR) is 618 cm³/mol. The van der Waals surface area contributed by atoms with E-state index in [1.165, 1.54) is 5.39 Å². The first-order chi connectivity index (χ1) is 83.2. The minimum atomic E-state index is -0.532. The second kappa shape index (κ2) is 33.9. The highest BCUT2D eigenvalue weighted by atomic mass is 16.3. The molecule has 0 aliphatic rings. The van der Waals surface area contributed by atoms with Crippen LogP contribution in [0.2, 0.25) is 0 Å². The van der Waals surface area contributed by atoms with Gasteiger partial charge in [0, 0.05) is 32.3 Å². The van der Waals surface area contributed by atoms with Crippen molar-refractivity contribution in [1.82, 2.24) is 0 Å². The van der Waals surface area contributed by atoms with Gasteiger partial charge in [0.05, 0.1) is 37.0 Å². The number of furan rings is 3. The molecule has 31 aromatic rings. The lowest BCUT2D eigenvalue weighted by atomic mass is 9.84. The molecule has 672 valence electrons. The Labute approximate surface area is 872 Å². The van der Waals surface area contributed by atoms with E-state index in [2.05, 4.69) is 206 Å². The fraction of sp³-hybridized carbons (Fsp3) is 0. The zero-order valence-electron chi connectivity index (χ0n) is 104. The third kappa shape index (κ3) is 13.8. The summed E-state index contributed by atoms with van der Waals surface area (Å²) in [6, 6.07) is 111. The lowest BCUT2D eigenvalue weighted by Crippen LogP contribution is -1.92. The summed E-state index contributed by atoms with van der Waals surface area (Å²) in [5.41, 5.74) is 13.9. The molecule has 3 nitrogen and oxygen atoms in total. The molecule has 0 aliphatic heterocycles. The van der Waals surface area contributed by atoms with Crippen molar-refractivity contribution in [3.05, 3.63) is 521 Å². The van der Waals surface area contributed by atoms with E-state index in [0.29, 0.717) is 16.7 Å². The van der Waals surface area contributed by atoms with Crippen molar-refractivity contribution >= 4 is 206 Å². The summed E-state index contributed by atoms with van der Waals surface area (Å²) in [5, 5.41) is 21.2. The third-order valence-electron chi connectivity index (χ3n) is 28.3. The van der Waals surface area contributed by atoms with Crippen LogP contribution in [0.3, 0.4) is 0 Å². The number of hydrogen-bond acceptors (Lipinski definition) is 3. The zero-order valence-corrected chi connectivity index (χ0v) is 76.8. The van der Waals surface area contributed by atoms with Crippen molar-refractivity contribution in [1.29, 1.82) is 0 Å². The van der Waals surface area contributed by atoms with Crippen LogP contribution in [0.4, 0.5) is 0 Å². The Kier molecular flexibility index (Phi) is 14.0. The molecule has 0 bridgehead atoms. The quantitative estimate of drug-likeness (QED) is 0.135. The Morgan fingerprint density at radius 1 is 0.131 bits per heavy atom. The van der Waals surface area contributed by atoms with Crippen molar-refractivity contribution in [3.8, 4) is 100 Å². The SMILES string of the molecule is [2H]c1c([2H])c(-c2ccc3cccc(-c4c5ccccc5c(-c5ccc6ccccc6c5)c5ccccc45)c3c2)c2c(oc3c([2H])c4c([2H])c([2H])c([2H])c([2H])c4c([2H])c32)c1[2H].[2H]c1c([2H])c(-c2cccc(-c3c4ccccc4c(-c4ccc5ccccc5c4)c4ccccc34)c2)c2c(oc3c([2H])c4c([2H])c([2H])c([2H])c([2H])c4c([2H])c32)c1[2H].[2H]c1c([2H])c(-c2cccc(-c3c4ccccc4c(-c4cccc5ccccc45)c4ccccc34)c2)c2c(oc3c([2H])c4c([2H])c([2H])c([2H])c([2H])c4c([2H])c32)c1[2H]. The second-order valence-electron chi connectivity index (χ2n) is 36.4. The van der Waals surface area contributed by atoms with Crippen LogP contribution in [-0.4, -0.2) is 0 Å². The maximum atomic E-state index is 9.38. The van der Waals surface area contributed by atoms with Crippen molar-refractivity contribution in [2.75, 3.05) is 0 Å². The molecule has 0 atom stereocenters. The van der Waals surface area contributed by atoms with E-state index >= 15 is 0 Å². The summed E-state index contributed by atoms with van der Waals surface area (Å²) in [7, 11) is 0. The summed E-state index contributed by atoms with van der Waals surface area (Å²) >= 11 is 0. The molecule has 0 fully saturated rings. The van der Waals surface area contributed by atoms with Crippen LogP contribution in [-0.2, 0) is 0 Å². The first kappa shape index (κ1) is 60.0. The summed E-state index contributed by atoms with van der Waals surface area (Å²) in [6.45, 7) is 0. The van der Waals surface area contributed by atoms with Gasteiger partial charge in [-0.15, -0.1) is 0 Å². The van der Waals surface area contributed by atoms with Gasteiger partial charge in [-0.1, -0.05) is 436 Å². The van der Waals surface area contributed by atoms with Crippen LogP contribution in [0.15, 0.2) is 534 Å². The van der Waals surface area contributed by atoms with Gasteiger partial charge >= 0.3 is 0 Å². The Morgan fingerprint density at radius 3 is 0.731 bits per heavy atom. The monoisotopic (exact) mass is 1870 g/mol. The fourth-order valence-electron chi connectivity index (χ4n) is 22.0. The Balaban J connectivity index is 0.000000116. The molecule has 0 amide bonds. The average Bonchev–Trinajstić information content (AvgIpc) is 1.58. The van der Waals surface area contributed by atoms with Gasteiger partial charge < -0.3 is 13.3 Å². The molecule has 3 heterocycles. The van der Waals surface area contributed by atoms with Gasteiger partial charge in [-0.3, -0.25) is 0 Å². The maximum absolute atomic E-state index is 9.38. The van der Waals surface area contributed by atoms with Gasteiger partial charge in [0.15, 0.2) is 0 Å². The molecule has 0 radical (unpaired) electrons. The van der Waals surface area contributed by atoms with Crippen molar-refractivity contribution in [3.63, 3.8) is 0 Å². The van der Waals surface area contributed by atoms with Crippen molar-refractivity contribution in [2.24, 2.45) is 0 Å². The Bertz CT molecular complexity index is 12500. The molecule has 3 heteroatoms. The van der Waals surface area contributed by atoms with E-state index in [4.69, 9.17) is 42.0 Å². The van der Waals surface area contributed by atoms with E-state index in [-0.39, 0.29) is 199 Å². The van der Waals surface area contributed by atoms with Gasteiger partial charge in [-0.25, -0.2) is 0 Å². The van der Waals surface area contributed by atoms with Gasteiger partial charge in [-0.2, -0.15) is 0 Å². The zero-order chi connectivity index (χ0) is 119. The van der Waals surface area contributed by atoms with Gasteiger partial charge in [0.1, 0.15) is 33.5 Å². The smallest absolute Gasteiger partial charge is 0.136 e. The van der Waals surface area contributed by atoms with E-state index in [1.54, 1.807) is 0 Å². The lowest BCUT2D eigenvalue weighted by molar-refractivity contribution is 0.669. The molecule has 0 aliphatic carbocycles. The molecular weight excluding hydrogens is 1750 g/mol. The predicted octanol–water partition coefficient (Wildman–Crippen LogP) is 40.8. The van der Waals surface area contributed by atoms with Crippen LogP contribution in [0, 0.1) is 0 Å². The molecular formula is C142H86O3. The van der Waals surface area contributed by atoms with Crippen LogP contribution < -0.4 is 0 Å². The topological polar surface area (TPSA) is 39.4 Å². The molecule has 145 heavy (non-hydrogen) atoms. The van der Waals surface area contributed by atoms with E-state index < -0.39 is 78.6 Å². The first-order valence-corrected chi connectivity index (χ1v) is 47.8. The molecule has 0 saturated carbocycles. The van der Waals surface area contributed by atoms with Gasteiger partial charge in [0.25, 0.3) is 0 Å². The normalized spacial score (nSPS) is 14.5. The minimum Gasteiger partial charge on any atom is -0.456 e. The molecule has 0 spiro atoms. The third-order valence-corrected chi connectivity index (χ3v) is 28.3. The average molecular weight is 1870 g/mol. The Hall–Kier alpha value is -19.1. The standard InChI is InChI=1S/C50H30O.2C46H28O/c1-2-12-33-27-37(26-23-31(33)11-1)48-39-16-5-7-18-41(39)49(42-19-8-6-17-40(42)48)43-21-9-15-32-24-25-36(29-44(32)43)38-20-10-22-46-50(38)45-28-34-13-3-4-14-35(34)30-47(45)51-46;1-2-14-31-28-43-41(27-30(31)13-1)46-35(23-11-25-42(46)47-43)32-16-9-17-33(26-32)44-37-19-5-7-21-39(37)45(40-22-8-6-20-38(40)44)36-24-10-15-29-12-3-4-18-34(29)36;1-2-12-30-25-35(24-23-29(30)11-1)45-39-19-7-5-17-37(39)44(38-18-6-8-20-40(38)45)34-16-9-15-33(26-34)36-21-10-22-42-46(36)41-27-31-13-3-4-14-32(31)28-43(41)47-42/h1-30H;2*1-28H/i3D,4D,10D,13D,14D,20D,22D,28D,30D;1D,2D,11D,13D,14D,23D,25D,27D,28D;3D,4D,10D,13D,14D,21D,22D,27D,28D. The van der Waals surface area contributed by atoms with E-state index in [1.807, 2.05) is 152 Å². The summed E-state index contributed by atoms with van der Waals surface area (Å²) in [5.74, 6) is 0. The molecule has 0 N–H and O–H groups in total. The number of fused-ring (bicyclic) bond motifs is 22. The highest BCUT2D eigenvalue weighted by Crippen LogP contribution is 2.53. The molecule has 3 aromatic heterocycles. The van der Waals surface area contributed by atoms with E-state index in [9.17, 15) is 8.22 Å². The number of rotatable bonds is 9. The summed E-state index contributed by atoms with van der Waals surface area (Å²) < 4.78 is 256. The highest BCUT2D eigenvalue weighted by Gasteiger charge is 2.26. The maximum Gasteiger partial charge on any atom is 0.136 e. The van der Waals surface area contributed by atoms with Crippen LogP contribution in [0.1, 0.15) is 37.0 Å².